The summed E-state index contributed by atoms with van der Waals surface area (Å²) in [5.41, 5.74) is 0.744. The number of amides is 1. The summed E-state index contributed by atoms with van der Waals surface area (Å²) in [5, 5.41) is 55.1. The lowest BCUT2D eigenvalue weighted by Crippen LogP contribution is -2.63. The molecule has 0 aliphatic heterocycles. The van der Waals surface area contributed by atoms with E-state index in [1.807, 2.05) is 0 Å². The number of fused-ring (bicyclic) bond motifs is 3. The molecule has 8 N–H and O–H groups in total. The normalized spacial score (nSPS) is 29.1. The minimum absolute atomic E-state index is 0.0175. The van der Waals surface area contributed by atoms with Gasteiger partial charge in [0.1, 0.15) is 28.7 Å². The number of benzene rings is 1. The lowest BCUT2D eigenvalue weighted by molar-refractivity contribution is -0.114. The summed E-state index contributed by atoms with van der Waals surface area (Å²) in [6.07, 6.45) is -0.0759. The number of nitrogens with one attached hydrogen (secondary N) is 2. The lowest BCUT2D eigenvalue weighted by Gasteiger charge is -2.51. The largest absolute Gasteiger partial charge is 0.510 e. The number of carbonyl (C=O) groups excluding carboxylic acids is 2. The fourth-order valence-corrected chi connectivity index (χ4v) is 5.51. The van der Waals surface area contributed by atoms with Crippen LogP contribution >= 0.6 is 0 Å². The molecule has 0 heterocycles. The lowest BCUT2D eigenvalue weighted by atomic mass is 9.58. The van der Waals surface area contributed by atoms with Crippen LogP contribution in [0, 0.1) is 23.1 Å². The van der Waals surface area contributed by atoms with Crippen LogP contribution in [0.3, 0.4) is 0 Å². The van der Waals surface area contributed by atoms with Gasteiger partial charge in [-0.15, -0.1) is 0 Å². The van der Waals surface area contributed by atoms with Gasteiger partial charge in [-0.1, -0.05) is 0 Å². The molecule has 0 saturated heterocycles. The van der Waals surface area contributed by atoms with Crippen LogP contribution in [0.5, 0.6) is 5.75 Å². The highest BCUT2D eigenvalue weighted by Gasteiger charge is 2.61. The fraction of sp³-hybridized carbons (Fsp3) is 0.409. The van der Waals surface area contributed by atoms with Gasteiger partial charge < -0.3 is 36.9 Å². The van der Waals surface area contributed by atoms with Crippen molar-refractivity contribution in [2.45, 2.75) is 24.5 Å². The molecule has 0 bridgehead atoms. The number of nitrogens with two attached hydrogens (primary N) is 1. The van der Waals surface area contributed by atoms with Crippen LogP contribution < -0.4 is 11.1 Å². The van der Waals surface area contributed by atoms with E-state index in [0.29, 0.717) is 0 Å². The molecule has 11 heteroatoms. The maximum atomic E-state index is 14.8. The van der Waals surface area contributed by atoms with E-state index < -0.39 is 69.5 Å². The summed E-state index contributed by atoms with van der Waals surface area (Å²) >= 11 is 0. The Morgan fingerprint density at radius 1 is 1.33 bits per heavy atom. The van der Waals surface area contributed by atoms with Crippen LogP contribution in [-0.4, -0.2) is 75.5 Å². The van der Waals surface area contributed by atoms with Crippen LogP contribution in [-0.2, 0) is 11.2 Å². The highest BCUT2D eigenvalue weighted by molar-refractivity contribution is 6.26. The number of hydrogen-bond donors (Lipinski definition) is 7. The molecule has 0 aromatic heterocycles. The first-order chi connectivity index (χ1) is 15.4. The average Bonchev–Trinajstić information content (AvgIpc) is 2.72. The Bertz CT molecular complexity index is 1190. The predicted octanol–water partition coefficient (Wildman–Crippen LogP) is 0.752. The molecule has 10 nitrogen and oxygen atoms in total. The van der Waals surface area contributed by atoms with E-state index in [-0.39, 0.29) is 35.2 Å². The number of phenolic OH excluding ortho intramolecular Hbond substituents is 1. The minimum atomic E-state index is -2.50. The van der Waals surface area contributed by atoms with Crippen LogP contribution in [0.1, 0.15) is 22.3 Å². The standard InChI is InChI=1S/C22H25FN4O6/c1-26-11-6-10(23)8-4-7-5-9-15(27(2)3)18(30)14(21(25)32)19(24)22(9,33)20(31)12(7)17(29)13(8)16(11)28/h6-7,9,15,24,26,28,30-31,33H,4-5H2,1-3H3,(H2,25,32)/t7-,9-,15-,22+/m0/s1. The third kappa shape index (κ3) is 2.82. The summed E-state index contributed by atoms with van der Waals surface area (Å²) < 4.78 is 14.8. The number of phenols is 1. The molecular weight excluding hydrogens is 435 g/mol. The van der Waals surface area contributed by atoms with Gasteiger partial charge in [0.15, 0.2) is 11.4 Å². The number of nitrogens with zero attached hydrogens (tertiary/aromatic N) is 1. The molecule has 33 heavy (non-hydrogen) atoms. The Hall–Kier alpha value is -3.44. The number of rotatable bonds is 3. The molecule has 4 atom stereocenters. The van der Waals surface area contributed by atoms with E-state index in [9.17, 15) is 34.4 Å². The van der Waals surface area contributed by atoms with E-state index in [1.165, 1.54) is 11.9 Å². The van der Waals surface area contributed by atoms with Crippen molar-refractivity contribution in [1.29, 1.82) is 5.41 Å². The van der Waals surface area contributed by atoms with Gasteiger partial charge >= 0.3 is 0 Å². The minimum Gasteiger partial charge on any atom is -0.510 e. The van der Waals surface area contributed by atoms with Gasteiger partial charge in [0, 0.05) is 30.2 Å². The molecular formula is C22H25FN4O6. The molecule has 0 radical (unpaired) electrons. The van der Waals surface area contributed by atoms with Gasteiger partial charge in [0.05, 0.1) is 23.0 Å². The Morgan fingerprint density at radius 2 is 1.97 bits per heavy atom. The average molecular weight is 460 g/mol. The number of aliphatic hydroxyl groups is 3. The molecule has 3 aliphatic rings. The maximum Gasteiger partial charge on any atom is 0.254 e. The molecule has 0 fully saturated rings. The van der Waals surface area contributed by atoms with E-state index in [1.54, 1.807) is 14.1 Å². The third-order valence-electron chi connectivity index (χ3n) is 7.00. The SMILES string of the molecule is CNc1cc(F)c2c(c1O)C(=O)C1=C(O)[C@]3(O)C(=N)C(C(N)=O)=C(O)[C@@H](N(C)C)[C@@H]3C[C@@H]1C2. The molecule has 3 aliphatic carbocycles. The number of halogens is 1. The first-order valence-corrected chi connectivity index (χ1v) is 10.3. The second kappa shape index (κ2) is 7.29. The monoisotopic (exact) mass is 460 g/mol. The molecule has 0 spiro atoms. The van der Waals surface area contributed by atoms with Crippen molar-refractivity contribution in [3.05, 3.63) is 45.7 Å². The van der Waals surface area contributed by atoms with Crippen LogP contribution in [0.4, 0.5) is 10.1 Å². The van der Waals surface area contributed by atoms with Crippen LogP contribution in [0.25, 0.3) is 0 Å². The summed E-state index contributed by atoms with van der Waals surface area (Å²) in [4.78, 5) is 26.9. The molecule has 176 valence electrons. The highest BCUT2D eigenvalue weighted by atomic mass is 19.1. The number of ketones is 1. The number of primary amides is 1. The molecule has 0 unspecified atom stereocenters. The van der Waals surface area contributed by atoms with Crippen molar-refractivity contribution in [1.82, 2.24) is 4.90 Å². The molecule has 1 amide bonds. The zero-order valence-corrected chi connectivity index (χ0v) is 18.2. The Balaban J connectivity index is 1.98. The van der Waals surface area contributed by atoms with Crippen molar-refractivity contribution in [2.24, 2.45) is 17.6 Å². The fourth-order valence-electron chi connectivity index (χ4n) is 5.51. The van der Waals surface area contributed by atoms with Gasteiger partial charge in [-0.3, -0.25) is 14.5 Å². The zero-order valence-electron chi connectivity index (χ0n) is 18.2. The number of aromatic hydroxyl groups is 1. The quantitative estimate of drug-likeness (QED) is 0.323. The summed E-state index contributed by atoms with van der Waals surface area (Å²) in [6.45, 7) is 0. The van der Waals surface area contributed by atoms with Crippen LogP contribution in [0.2, 0.25) is 0 Å². The highest BCUT2D eigenvalue weighted by Crippen LogP contribution is 2.53. The van der Waals surface area contributed by atoms with E-state index in [2.05, 4.69) is 5.32 Å². The first-order valence-electron chi connectivity index (χ1n) is 10.3. The number of aliphatic hydroxyl groups excluding tert-OH is 2. The molecule has 1 aromatic carbocycles. The van der Waals surface area contributed by atoms with E-state index in [0.717, 1.165) is 6.07 Å². The van der Waals surface area contributed by atoms with Gasteiger partial charge in [-0.05, 0) is 32.9 Å². The van der Waals surface area contributed by atoms with Crippen molar-refractivity contribution >= 4 is 23.1 Å². The molecule has 1 aromatic rings. The molecule has 0 saturated carbocycles. The van der Waals surface area contributed by atoms with Crippen molar-refractivity contribution in [3.63, 3.8) is 0 Å². The van der Waals surface area contributed by atoms with E-state index >= 15 is 0 Å². The smallest absolute Gasteiger partial charge is 0.254 e. The summed E-state index contributed by atoms with van der Waals surface area (Å²) in [6, 6.07) is 0.0543. The topological polar surface area (TPSA) is 180 Å². The summed E-state index contributed by atoms with van der Waals surface area (Å²) in [5.74, 6) is -6.44. The number of likely N-dealkylation sites (N-methyl/N-ethyl adjacent to an activating group) is 1. The zero-order chi connectivity index (χ0) is 24.6. The number of carbonyl (C=O) groups is 2. The van der Waals surface area contributed by atoms with Gasteiger partial charge in [0.25, 0.3) is 5.91 Å². The van der Waals surface area contributed by atoms with Crippen molar-refractivity contribution in [3.8, 4) is 5.75 Å². The second-order valence-electron chi connectivity index (χ2n) is 8.87. The number of allylic oxidation sites excluding steroid dienone is 1. The number of anilines is 1. The van der Waals surface area contributed by atoms with Crippen molar-refractivity contribution < 1.29 is 34.4 Å². The van der Waals surface area contributed by atoms with E-state index in [4.69, 9.17) is 11.1 Å². The Labute approximate surface area is 188 Å². The number of hydrogen-bond acceptors (Lipinski definition) is 9. The molecule has 4 rings (SSSR count). The van der Waals surface area contributed by atoms with Gasteiger partial charge in [-0.25, -0.2) is 4.39 Å². The third-order valence-corrected chi connectivity index (χ3v) is 7.00. The number of Topliss-reactive ketones (excluding diaryl/α,β-unsaturated/α-hetero) is 1. The van der Waals surface area contributed by atoms with Gasteiger partial charge in [-0.2, -0.15) is 0 Å². The van der Waals surface area contributed by atoms with Gasteiger partial charge in [0.2, 0.25) is 0 Å². The first kappa shape index (κ1) is 22.7. The second-order valence-corrected chi connectivity index (χ2v) is 8.87. The Morgan fingerprint density at radius 3 is 2.52 bits per heavy atom. The van der Waals surface area contributed by atoms with Crippen molar-refractivity contribution in [2.75, 3.05) is 26.5 Å². The Kier molecular flexibility index (Phi) is 5.02. The van der Waals surface area contributed by atoms with Crippen LogP contribution in [0.15, 0.2) is 28.7 Å². The predicted molar refractivity (Wildman–Crippen MR) is 116 cm³/mol. The summed E-state index contributed by atoms with van der Waals surface area (Å²) in [7, 11) is 4.59. The maximum absolute atomic E-state index is 14.8.